The first-order valence-electron chi connectivity index (χ1n) is 7.42. The molecule has 0 aromatic heterocycles. The lowest BCUT2D eigenvalue weighted by molar-refractivity contribution is 0.0292. The predicted molar refractivity (Wildman–Crippen MR) is 82.9 cm³/mol. The topological polar surface area (TPSA) is 38.8 Å². The van der Waals surface area contributed by atoms with Crippen molar-refractivity contribution in [1.82, 2.24) is 4.90 Å². The molecule has 1 fully saturated rings. The van der Waals surface area contributed by atoms with Crippen LogP contribution in [0.2, 0.25) is 0 Å². The molecule has 0 bridgehead atoms. The Kier molecular flexibility index (Phi) is 4.45. The molecule has 1 heterocycles. The second-order valence-electron chi connectivity index (χ2n) is 6.64. The van der Waals surface area contributed by atoms with Gasteiger partial charge in [0.2, 0.25) is 0 Å². The molecule has 1 aliphatic rings. The third kappa shape index (κ3) is 3.90. The van der Waals surface area contributed by atoms with Gasteiger partial charge in [-0.15, -0.1) is 0 Å². The molecule has 1 aliphatic heterocycles. The number of ether oxygens (including phenoxy) is 2. The molecule has 1 saturated heterocycles. The number of nitrogens with zero attached hydrogens (tertiary/aromatic N) is 1. The summed E-state index contributed by atoms with van der Waals surface area (Å²) in [5.41, 5.74) is 1.91. The molecule has 21 heavy (non-hydrogen) atoms. The van der Waals surface area contributed by atoms with Crippen LogP contribution in [0, 0.1) is 6.92 Å². The number of methoxy groups -OCH3 is 1. The summed E-state index contributed by atoms with van der Waals surface area (Å²) in [6.07, 6.45) is 0.745. The maximum absolute atomic E-state index is 12.1. The highest BCUT2D eigenvalue weighted by atomic mass is 16.6. The standard InChI is InChI=1S/C17H25NO3/c1-12-6-7-13(10-15(12)20-5)14-8-9-18(11-14)16(19)21-17(2,3)4/h6-7,10,14H,8-9,11H2,1-5H3. The van der Waals surface area contributed by atoms with Crippen LogP contribution in [-0.4, -0.2) is 36.8 Å². The average molecular weight is 291 g/mol. The van der Waals surface area contributed by atoms with E-state index in [1.165, 1.54) is 5.56 Å². The second kappa shape index (κ2) is 5.96. The minimum atomic E-state index is -0.442. The Bertz CT molecular complexity index is 519. The molecule has 1 atom stereocenters. The molecule has 0 saturated carbocycles. The molecule has 0 spiro atoms. The van der Waals surface area contributed by atoms with E-state index in [1.54, 1.807) is 12.0 Å². The second-order valence-corrected chi connectivity index (χ2v) is 6.64. The number of rotatable bonds is 2. The smallest absolute Gasteiger partial charge is 0.410 e. The lowest BCUT2D eigenvalue weighted by atomic mass is 9.97. The van der Waals surface area contributed by atoms with Gasteiger partial charge in [0.15, 0.2) is 0 Å². The van der Waals surface area contributed by atoms with E-state index in [4.69, 9.17) is 9.47 Å². The molecule has 1 aromatic carbocycles. The van der Waals surface area contributed by atoms with Crippen molar-refractivity contribution in [2.75, 3.05) is 20.2 Å². The maximum atomic E-state index is 12.1. The number of aryl methyl sites for hydroxylation is 1. The van der Waals surface area contributed by atoms with Crippen LogP contribution >= 0.6 is 0 Å². The molecule has 2 rings (SSSR count). The summed E-state index contributed by atoms with van der Waals surface area (Å²) in [5, 5.41) is 0. The van der Waals surface area contributed by atoms with E-state index in [0.29, 0.717) is 12.5 Å². The summed E-state index contributed by atoms with van der Waals surface area (Å²) in [7, 11) is 1.69. The van der Waals surface area contributed by atoms with Gasteiger partial charge < -0.3 is 14.4 Å². The highest BCUT2D eigenvalue weighted by Crippen LogP contribution is 2.31. The summed E-state index contributed by atoms with van der Waals surface area (Å²) in [6, 6.07) is 6.28. The number of benzene rings is 1. The first-order chi connectivity index (χ1) is 9.80. The van der Waals surface area contributed by atoms with Crippen LogP contribution in [-0.2, 0) is 4.74 Å². The first-order valence-corrected chi connectivity index (χ1v) is 7.42. The largest absolute Gasteiger partial charge is 0.496 e. The summed E-state index contributed by atoms with van der Waals surface area (Å²) < 4.78 is 10.8. The van der Waals surface area contributed by atoms with Gasteiger partial charge in [0.1, 0.15) is 11.4 Å². The minimum absolute atomic E-state index is 0.218. The Balaban J connectivity index is 2.04. The number of amides is 1. The number of carbonyl (C=O) groups excluding carboxylic acids is 1. The number of hydrogen-bond donors (Lipinski definition) is 0. The van der Waals surface area contributed by atoms with Gasteiger partial charge in [-0.3, -0.25) is 0 Å². The molecule has 0 aliphatic carbocycles. The fourth-order valence-electron chi connectivity index (χ4n) is 2.62. The summed E-state index contributed by atoms with van der Waals surface area (Å²) in [5.74, 6) is 1.26. The lowest BCUT2D eigenvalue weighted by Gasteiger charge is -2.24. The predicted octanol–water partition coefficient (Wildman–Crippen LogP) is 3.73. The van der Waals surface area contributed by atoms with E-state index in [-0.39, 0.29) is 6.09 Å². The van der Waals surface area contributed by atoms with E-state index < -0.39 is 5.60 Å². The Morgan fingerprint density at radius 1 is 1.33 bits per heavy atom. The Morgan fingerprint density at radius 2 is 2.05 bits per heavy atom. The minimum Gasteiger partial charge on any atom is -0.496 e. The van der Waals surface area contributed by atoms with Crippen LogP contribution in [0.5, 0.6) is 5.75 Å². The average Bonchev–Trinajstić information content (AvgIpc) is 2.87. The molecule has 116 valence electrons. The fourth-order valence-corrected chi connectivity index (χ4v) is 2.62. The zero-order valence-corrected chi connectivity index (χ0v) is 13.6. The van der Waals surface area contributed by atoms with E-state index in [2.05, 4.69) is 18.2 Å². The van der Waals surface area contributed by atoms with E-state index >= 15 is 0 Å². The van der Waals surface area contributed by atoms with Crippen molar-refractivity contribution in [3.05, 3.63) is 29.3 Å². The first kappa shape index (κ1) is 15.7. The zero-order chi connectivity index (χ0) is 15.6. The molecule has 0 radical (unpaired) electrons. The summed E-state index contributed by atoms with van der Waals surface area (Å²) in [6.45, 7) is 9.16. The van der Waals surface area contributed by atoms with E-state index in [0.717, 1.165) is 24.3 Å². The molecular weight excluding hydrogens is 266 g/mol. The quantitative estimate of drug-likeness (QED) is 0.833. The highest BCUT2D eigenvalue weighted by Gasteiger charge is 2.30. The van der Waals surface area contributed by atoms with E-state index in [9.17, 15) is 4.79 Å². The van der Waals surface area contributed by atoms with Crippen LogP contribution in [0.3, 0.4) is 0 Å². The van der Waals surface area contributed by atoms with Gasteiger partial charge in [0.05, 0.1) is 7.11 Å². The Labute approximate surface area is 127 Å². The van der Waals surface area contributed by atoms with E-state index in [1.807, 2.05) is 27.7 Å². The van der Waals surface area contributed by atoms with Crippen LogP contribution < -0.4 is 4.74 Å². The van der Waals surface area contributed by atoms with Crippen molar-refractivity contribution in [2.45, 2.75) is 45.6 Å². The molecule has 1 amide bonds. The summed E-state index contributed by atoms with van der Waals surface area (Å²) in [4.78, 5) is 13.9. The zero-order valence-electron chi connectivity index (χ0n) is 13.6. The van der Waals surface area contributed by atoms with Crippen LogP contribution in [0.4, 0.5) is 4.79 Å². The monoisotopic (exact) mass is 291 g/mol. The van der Waals surface area contributed by atoms with Crippen molar-refractivity contribution in [3.8, 4) is 5.75 Å². The fraction of sp³-hybridized carbons (Fsp3) is 0.588. The number of likely N-dealkylation sites (tertiary alicyclic amines) is 1. The van der Waals surface area contributed by atoms with Gasteiger partial charge in [-0.05, 0) is 51.3 Å². The molecule has 0 N–H and O–H groups in total. The molecule has 1 aromatic rings. The maximum Gasteiger partial charge on any atom is 0.410 e. The van der Waals surface area contributed by atoms with Gasteiger partial charge in [-0.25, -0.2) is 4.79 Å². The molecule has 1 unspecified atom stereocenters. The SMILES string of the molecule is COc1cc(C2CCN(C(=O)OC(C)(C)C)C2)ccc1C. The Hall–Kier alpha value is -1.71. The van der Waals surface area contributed by atoms with Gasteiger partial charge in [-0.2, -0.15) is 0 Å². The number of carbonyl (C=O) groups is 1. The third-order valence-corrected chi connectivity index (χ3v) is 3.74. The summed E-state index contributed by atoms with van der Waals surface area (Å²) >= 11 is 0. The lowest BCUT2D eigenvalue weighted by Crippen LogP contribution is -2.35. The van der Waals surface area contributed by atoms with Gasteiger partial charge >= 0.3 is 6.09 Å². The normalized spacial score (nSPS) is 18.7. The van der Waals surface area contributed by atoms with Gasteiger partial charge in [0.25, 0.3) is 0 Å². The van der Waals surface area contributed by atoms with Crippen LogP contribution in [0.25, 0.3) is 0 Å². The van der Waals surface area contributed by atoms with Crippen molar-refractivity contribution in [1.29, 1.82) is 0 Å². The number of hydrogen-bond acceptors (Lipinski definition) is 3. The van der Waals surface area contributed by atoms with Crippen molar-refractivity contribution < 1.29 is 14.3 Å². The molecule has 4 heteroatoms. The Morgan fingerprint density at radius 3 is 2.67 bits per heavy atom. The third-order valence-electron chi connectivity index (χ3n) is 3.74. The van der Waals surface area contributed by atoms with Crippen LogP contribution in [0.15, 0.2) is 18.2 Å². The molecular formula is C17H25NO3. The highest BCUT2D eigenvalue weighted by molar-refractivity contribution is 5.68. The molecule has 4 nitrogen and oxygen atoms in total. The van der Waals surface area contributed by atoms with Crippen molar-refractivity contribution in [2.24, 2.45) is 0 Å². The van der Waals surface area contributed by atoms with Crippen molar-refractivity contribution in [3.63, 3.8) is 0 Å². The van der Waals surface area contributed by atoms with Crippen molar-refractivity contribution >= 4 is 6.09 Å². The van der Waals surface area contributed by atoms with Gasteiger partial charge in [0, 0.05) is 19.0 Å². The van der Waals surface area contributed by atoms with Crippen LogP contribution in [0.1, 0.15) is 44.2 Å². The van der Waals surface area contributed by atoms with Gasteiger partial charge in [-0.1, -0.05) is 12.1 Å².